The molecule has 2 heterocycles. The molecule has 0 spiro atoms. The van der Waals surface area contributed by atoms with Gasteiger partial charge in [-0.25, -0.2) is 4.79 Å². The van der Waals surface area contributed by atoms with Gasteiger partial charge in [-0.05, 0) is 82.6 Å². The monoisotopic (exact) mass is 678 g/mol. The summed E-state index contributed by atoms with van der Waals surface area (Å²) in [7, 11) is 0. The van der Waals surface area contributed by atoms with Crippen LogP contribution in [0.1, 0.15) is 102 Å². The molecular formula is C38H54N4O7. The average Bonchev–Trinajstić information content (AvgIpc) is 3.08. The van der Waals surface area contributed by atoms with Crippen LogP contribution < -0.4 is 16.0 Å². The third kappa shape index (κ3) is 9.60. The van der Waals surface area contributed by atoms with E-state index in [0.29, 0.717) is 24.2 Å². The summed E-state index contributed by atoms with van der Waals surface area (Å²) in [6.45, 7) is 10.5. The van der Waals surface area contributed by atoms with Gasteiger partial charge in [0.25, 0.3) is 0 Å². The number of hydrogen-bond donors (Lipinski definition) is 4. The number of nitrogens with one attached hydrogen (secondary N) is 3. The zero-order chi connectivity index (χ0) is 35.1. The van der Waals surface area contributed by atoms with Gasteiger partial charge in [-0.2, -0.15) is 0 Å². The van der Waals surface area contributed by atoms with Gasteiger partial charge in [-0.1, -0.05) is 56.2 Å². The van der Waals surface area contributed by atoms with Crippen molar-refractivity contribution in [2.24, 2.45) is 11.8 Å². The molecule has 0 bridgehead atoms. The summed E-state index contributed by atoms with van der Waals surface area (Å²) in [6, 6.07) is 14.7. The van der Waals surface area contributed by atoms with E-state index in [1.165, 1.54) is 19.3 Å². The molecule has 11 nitrogen and oxygen atoms in total. The average molecular weight is 679 g/mol. The van der Waals surface area contributed by atoms with Crippen molar-refractivity contribution in [2.45, 2.75) is 116 Å². The first-order valence-corrected chi connectivity index (χ1v) is 17.8. The maximum absolute atomic E-state index is 13.8. The molecular weight excluding hydrogens is 624 g/mol. The van der Waals surface area contributed by atoms with Crippen molar-refractivity contribution in [2.75, 3.05) is 25.0 Å². The lowest BCUT2D eigenvalue weighted by Gasteiger charge is -2.51. The lowest BCUT2D eigenvalue weighted by atomic mass is 9.75. The highest BCUT2D eigenvalue weighted by Crippen LogP contribution is 2.44. The minimum atomic E-state index is -0.691. The van der Waals surface area contributed by atoms with Crippen LogP contribution in [0, 0.1) is 11.8 Å². The molecule has 7 atom stereocenters. The standard InChI is InChI=1S/C38H54N4O7/c1-6-47-33(44)21-39-37(46)40-29-18-15-28(16-19-29)36-48-32(24(2)34(49-36)27-13-11-25(23-43)12-14-27)22-42-30-10-8-7-9-26(30)17-20-31(42)35(45)41-38(3,4)5/h11-16,18-19,24,26,30-32,34,36,43H,6-10,17,20-23H2,1-5H3,(H,41,45)(H2,39,40,46)/t24-,26+,30+,31+,32+,34+,36+/m0/s1. The molecule has 3 amide bonds. The highest BCUT2D eigenvalue weighted by atomic mass is 16.7. The number of aliphatic hydroxyl groups is 1. The third-order valence-electron chi connectivity index (χ3n) is 9.96. The molecule has 3 aliphatic rings. The smallest absolute Gasteiger partial charge is 0.325 e. The number of carbonyl (C=O) groups is 3. The molecule has 0 unspecified atom stereocenters. The van der Waals surface area contributed by atoms with Gasteiger partial charge < -0.3 is 35.3 Å². The lowest BCUT2D eigenvalue weighted by molar-refractivity contribution is -0.278. The number of rotatable bonds is 10. The molecule has 0 aromatic heterocycles. The Morgan fingerprint density at radius 2 is 1.63 bits per heavy atom. The summed E-state index contributed by atoms with van der Waals surface area (Å²) in [5, 5.41) is 18.1. The fraction of sp³-hybridized carbons (Fsp3) is 0.605. The summed E-state index contributed by atoms with van der Waals surface area (Å²) in [5.74, 6) is 0.122. The number of esters is 1. The first-order chi connectivity index (χ1) is 23.5. The summed E-state index contributed by atoms with van der Waals surface area (Å²) in [6.07, 6.45) is 5.36. The fourth-order valence-corrected chi connectivity index (χ4v) is 7.53. The highest BCUT2D eigenvalue weighted by Gasteiger charge is 2.46. The largest absolute Gasteiger partial charge is 0.465 e. The van der Waals surface area contributed by atoms with Crippen LogP contribution in [-0.2, 0) is 30.4 Å². The van der Waals surface area contributed by atoms with Crippen molar-refractivity contribution in [3.63, 3.8) is 0 Å². The Morgan fingerprint density at radius 1 is 0.939 bits per heavy atom. The maximum atomic E-state index is 13.8. The van der Waals surface area contributed by atoms with E-state index in [2.05, 4.69) is 27.8 Å². The van der Waals surface area contributed by atoms with Crippen LogP contribution in [0.25, 0.3) is 0 Å². The summed E-state index contributed by atoms with van der Waals surface area (Å²) in [5.41, 5.74) is 2.84. The molecule has 1 saturated carbocycles. The number of fused-ring (bicyclic) bond motifs is 1. The van der Waals surface area contributed by atoms with Crippen LogP contribution >= 0.6 is 0 Å². The van der Waals surface area contributed by atoms with Crippen molar-refractivity contribution in [3.05, 3.63) is 65.2 Å². The number of urea groups is 1. The van der Waals surface area contributed by atoms with Crippen molar-refractivity contribution >= 4 is 23.6 Å². The number of piperidine rings is 1. The van der Waals surface area contributed by atoms with Crippen LogP contribution in [0.3, 0.4) is 0 Å². The molecule has 2 aromatic carbocycles. The predicted molar refractivity (Wildman–Crippen MR) is 186 cm³/mol. The van der Waals surface area contributed by atoms with E-state index in [0.717, 1.165) is 36.0 Å². The molecule has 49 heavy (non-hydrogen) atoms. The van der Waals surface area contributed by atoms with E-state index in [1.807, 2.05) is 57.2 Å². The molecule has 3 fully saturated rings. The third-order valence-corrected chi connectivity index (χ3v) is 9.96. The van der Waals surface area contributed by atoms with Gasteiger partial charge in [-0.3, -0.25) is 14.5 Å². The number of likely N-dealkylation sites (tertiary alicyclic amines) is 1. The number of carbonyl (C=O) groups excluding carboxylic acids is 3. The number of anilines is 1. The summed E-state index contributed by atoms with van der Waals surface area (Å²) < 4.78 is 18.4. The van der Waals surface area contributed by atoms with Gasteiger partial charge in [0.2, 0.25) is 5.91 Å². The summed E-state index contributed by atoms with van der Waals surface area (Å²) >= 11 is 0. The van der Waals surface area contributed by atoms with Crippen molar-refractivity contribution in [1.29, 1.82) is 0 Å². The van der Waals surface area contributed by atoms with Gasteiger partial charge in [0, 0.05) is 35.3 Å². The molecule has 2 aliphatic heterocycles. The second-order valence-electron chi connectivity index (χ2n) is 14.7. The number of amides is 3. The van der Waals surface area contributed by atoms with E-state index in [-0.39, 0.29) is 55.4 Å². The minimum Gasteiger partial charge on any atom is -0.465 e. The first-order valence-electron chi connectivity index (χ1n) is 17.8. The normalized spacial score (nSPS) is 27.4. The molecule has 5 rings (SSSR count). The molecule has 1 aliphatic carbocycles. The minimum absolute atomic E-state index is 0.0319. The van der Waals surface area contributed by atoms with Crippen LogP contribution in [0.4, 0.5) is 10.5 Å². The Morgan fingerprint density at radius 3 is 2.31 bits per heavy atom. The lowest BCUT2D eigenvalue weighted by Crippen LogP contribution is -2.61. The molecule has 2 saturated heterocycles. The zero-order valence-corrected chi connectivity index (χ0v) is 29.6. The van der Waals surface area contributed by atoms with E-state index >= 15 is 0 Å². The van der Waals surface area contributed by atoms with Gasteiger partial charge >= 0.3 is 12.0 Å². The number of benzene rings is 2. The Balaban J connectivity index is 1.38. The van der Waals surface area contributed by atoms with E-state index in [9.17, 15) is 19.5 Å². The molecule has 0 radical (unpaired) electrons. The van der Waals surface area contributed by atoms with Crippen molar-refractivity contribution in [1.82, 2.24) is 15.5 Å². The Kier molecular flexibility index (Phi) is 12.4. The SMILES string of the molecule is CCOC(=O)CNC(=O)Nc1ccc([C@@H]2O[C@H](CN3[C@@H](C(=O)NC(C)(C)C)CC[C@H]4CCCC[C@H]43)[C@H](C)[C@H](c3ccc(CO)cc3)O2)cc1. The zero-order valence-electron chi connectivity index (χ0n) is 29.6. The van der Waals surface area contributed by atoms with E-state index in [4.69, 9.17) is 14.2 Å². The van der Waals surface area contributed by atoms with Crippen LogP contribution in [-0.4, -0.2) is 71.3 Å². The topological polar surface area (TPSA) is 138 Å². The van der Waals surface area contributed by atoms with Gasteiger partial charge in [0.05, 0.1) is 31.5 Å². The number of ether oxygens (including phenoxy) is 3. The number of nitrogens with zero attached hydrogens (tertiary/aromatic N) is 1. The van der Waals surface area contributed by atoms with Gasteiger partial charge in [0.15, 0.2) is 6.29 Å². The second kappa shape index (κ2) is 16.5. The molecule has 11 heteroatoms. The Labute approximate surface area is 290 Å². The maximum Gasteiger partial charge on any atom is 0.325 e. The Hall–Kier alpha value is -3.51. The molecule has 268 valence electrons. The quantitative estimate of drug-likeness (QED) is 0.239. The Bertz CT molecular complexity index is 1410. The highest BCUT2D eigenvalue weighted by molar-refractivity contribution is 5.91. The van der Waals surface area contributed by atoms with Crippen molar-refractivity contribution in [3.8, 4) is 0 Å². The molecule has 4 N–H and O–H groups in total. The van der Waals surface area contributed by atoms with Crippen LogP contribution in [0.5, 0.6) is 0 Å². The van der Waals surface area contributed by atoms with Crippen molar-refractivity contribution < 1.29 is 33.7 Å². The number of hydrogen-bond acceptors (Lipinski definition) is 8. The summed E-state index contributed by atoms with van der Waals surface area (Å²) in [4.78, 5) is 40.2. The van der Waals surface area contributed by atoms with E-state index in [1.54, 1.807) is 19.1 Å². The fourth-order valence-electron chi connectivity index (χ4n) is 7.53. The van der Waals surface area contributed by atoms with Crippen LogP contribution in [0.2, 0.25) is 0 Å². The van der Waals surface area contributed by atoms with Gasteiger partial charge in [0.1, 0.15) is 6.54 Å². The number of aliphatic hydroxyl groups excluding tert-OH is 1. The molecule has 2 aromatic rings. The first kappa shape index (κ1) is 36.8. The van der Waals surface area contributed by atoms with Crippen LogP contribution in [0.15, 0.2) is 48.5 Å². The van der Waals surface area contributed by atoms with E-state index < -0.39 is 18.3 Å². The predicted octanol–water partition coefficient (Wildman–Crippen LogP) is 5.59. The second-order valence-corrected chi connectivity index (χ2v) is 14.7. The van der Waals surface area contributed by atoms with Gasteiger partial charge in [-0.15, -0.1) is 0 Å².